The van der Waals surface area contributed by atoms with Crippen LogP contribution in [0.25, 0.3) is 0 Å². The summed E-state index contributed by atoms with van der Waals surface area (Å²) in [4.78, 5) is 13.2. The van der Waals surface area contributed by atoms with Crippen molar-refractivity contribution < 1.29 is 9.90 Å². The van der Waals surface area contributed by atoms with Crippen molar-refractivity contribution >= 4 is 17.3 Å². The molecule has 0 spiro atoms. The van der Waals surface area contributed by atoms with Crippen molar-refractivity contribution in [3.05, 3.63) is 23.8 Å². The SMILES string of the molecule is CC1(C)CCCN1c1cc(C(=O)O)ccc1N. The topological polar surface area (TPSA) is 66.6 Å². The minimum absolute atomic E-state index is 0.0469. The van der Waals surface area contributed by atoms with E-state index in [2.05, 4.69) is 18.7 Å². The highest BCUT2D eigenvalue weighted by molar-refractivity contribution is 5.90. The molecule has 1 fully saturated rings. The lowest BCUT2D eigenvalue weighted by Crippen LogP contribution is -2.38. The van der Waals surface area contributed by atoms with E-state index in [0.29, 0.717) is 5.69 Å². The molecule has 0 amide bonds. The van der Waals surface area contributed by atoms with Crippen LogP contribution in [0.2, 0.25) is 0 Å². The number of carboxylic acids is 1. The van der Waals surface area contributed by atoms with Gasteiger partial charge in [0.15, 0.2) is 0 Å². The smallest absolute Gasteiger partial charge is 0.335 e. The number of hydrogen-bond acceptors (Lipinski definition) is 3. The summed E-state index contributed by atoms with van der Waals surface area (Å²) in [6, 6.07) is 4.89. The Labute approximate surface area is 101 Å². The van der Waals surface area contributed by atoms with Crippen LogP contribution in [0.3, 0.4) is 0 Å². The molecule has 1 saturated heterocycles. The van der Waals surface area contributed by atoms with Crippen molar-refractivity contribution in [3.63, 3.8) is 0 Å². The van der Waals surface area contributed by atoms with Crippen LogP contribution in [0.1, 0.15) is 37.0 Å². The summed E-state index contributed by atoms with van der Waals surface area (Å²) in [6.45, 7) is 5.25. The van der Waals surface area contributed by atoms with Gasteiger partial charge in [-0.2, -0.15) is 0 Å². The number of hydrogen-bond donors (Lipinski definition) is 2. The van der Waals surface area contributed by atoms with Crippen molar-refractivity contribution in [2.24, 2.45) is 0 Å². The Morgan fingerprint density at radius 1 is 1.47 bits per heavy atom. The van der Waals surface area contributed by atoms with Crippen LogP contribution in [0.15, 0.2) is 18.2 Å². The van der Waals surface area contributed by atoms with Crippen molar-refractivity contribution in [1.29, 1.82) is 0 Å². The molecular weight excluding hydrogens is 216 g/mol. The number of aromatic carboxylic acids is 1. The van der Waals surface area contributed by atoms with Crippen LogP contribution in [-0.2, 0) is 0 Å². The molecule has 0 saturated carbocycles. The van der Waals surface area contributed by atoms with Gasteiger partial charge in [-0.1, -0.05) is 0 Å². The molecule has 0 unspecified atom stereocenters. The lowest BCUT2D eigenvalue weighted by Gasteiger charge is -2.34. The molecule has 0 atom stereocenters. The van der Waals surface area contributed by atoms with Crippen LogP contribution in [-0.4, -0.2) is 23.2 Å². The fourth-order valence-electron chi connectivity index (χ4n) is 2.46. The van der Waals surface area contributed by atoms with E-state index in [1.165, 1.54) is 0 Å². The van der Waals surface area contributed by atoms with Gasteiger partial charge in [-0.25, -0.2) is 4.79 Å². The quantitative estimate of drug-likeness (QED) is 0.771. The van der Waals surface area contributed by atoms with Crippen molar-refractivity contribution in [2.45, 2.75) is 32.2 Å². The van der Waals surface area contributed by atoms with E-state index in [0.717, 1.165) is 25.1 Å². The van der Waals surface area contributed by atoms with Gasteiger partial charge >= 0.3 is 5.97 Å². The molecule has 17 heavy (non-hydrogen) atoms. The first-order chi connectivity index (χ1) is 7.92. The van der Waals surface area contributed by atoms with Gasteiger partial charge < -0.3 is 15.7 Å². The monoisotopic (exact) mass is 234 g/mol. The highest BCUT2D eigenvalue weighted by Crippen LogP contribution is 2.37. The summed E-state index contributed by atoms with van der Waals surface area (Å²) >= 11 is 0. The Bertz CT molecular complexity index is 455. The van der Waals surface area contributed by atoms with E-state index in [9.17, 15) is 4.79 Å². The average molecular weight is 234 g/mol. The summed E-state index contributed by atoms with van der Waals surface area (Å²) < 4.78 is 0. The Kier molecular flexibility index (Phi) is 2.73. The first-order valence-electron chi connectivity index (χ1n) is 5.82. The summed E-state index contributed by atoms with van der Waals surface area (Å²) in [5.41, 5.74) is 7.78. The normalized spacial score (nSPS) is 18.4. The third kappa shape index (κ3) is 2.07. The molecule has 4 nitrogen and oxygen atoms in total. The van der Waals surface area contributed by atoms with Crippen molar-refractivity contribution in [3.8, 4) is 0 Å². The lowest BCUT2D eigenvalue weighted by molar-refractivity contribution is 0.0697. The minimum atomic E-state index is -0.914. The second kappa shape index (κ2) is 3.95. The number of benzene rings is 1. The minimum Gasteiger partial charge on any atom is -0.478 e. The molecule has 4 heteroatoms. The molecule has 92 valence electrons. The number of carboxylic acid groups (broad SMARTS) is 1. The zero-order chi connectivity index (χ0) is 12.6. The van der Waals surface area contributed by atoms with Crippen molar-refractivity contribution in [1.82, 2.24) is 0 Å². The van der Waals surface area contributed by atoms with Gasteiger partial charge in [-0.3, -0.25) is 0 Å². The number of rotatable bonds is 2. The molecular formula is C13H18N2O2. The first-order valence-corrected chi connectivity index (χ1v) is 5.82. The van der Waals surface area contributed by atoms with Crippen LogP contribution in [0.5, 0.6) is 0 Å². The molecule has 0 bridgehead atoms. The van der Waals surface area contributed by atoms with Gasteiger partial charge in [-0.15, -0.1) is 0 Å². The van der Waals surface area contributed by atoms with E-state index >= 15 is 0 Å². The Balaban J connectivity index is 2.44. The maximum atomic E-state index is 11.0. The Morgan fingerprint density at radius 2 is 2.18 bits per heavy atom. The van der Waals surface area contributed by atoms with Gasteiger partial charge in [0, 0.05) is 12.1 Å². The predicted molar refractivity (Wildman–Crippen MR) is 68.5 cm³/mol. The first kappa shape index (κ1) is 11.8. The number of carbonyl (C=O) groups is 1. The standard InChI is InChI=1S/C13H18N2O2/c1-13(2)6-3-7-15(13)11-8-9(12(16)17)4-5-10(11)14/h4-5,8H,3,6-7,14H2,1-2H3,(H,16,17). The van der Waals surface area contributed by atoms with Gasteiger partial charge in [0.1, 0.15) is 0 Å². The summed E-state index contributed by atoms with van der Waals surface area (Å²) in [7, 11) is 0. The molecule has 1 aromatic rings. The molecule has 0 radical (unpaired) electrons. The molecule has 1 aliphatic heterocycles. The zero-order valence-electron chi connectivity index (χ0n) is 10.2. The van der Waals surface area contributed by atoms with Gasteiger partial charge in [0.25, 0.3) is 0 Å². The third-order valence-corrected chi connectivity index (χ3v) is 3.47. The number of anilines is 2. The second-order valence-electron chi connectivity index (χ2n) is 5.15. The summed E-state index contributed by atoms with van der Waals surface area (Å²) in [5.74, 6) is -0.914. The van der Waals surface area contributed by atoms with Gasteiger partial charge in [0.2, 0.25) is 0 Å². The molecule has 1 heterocycles. The maximum absolute atomic E-state index is 11.0. The highest BCUT2D eigenvalue weighted by Gasteiger charge is 2.33. The molecule has 0 aromatic heterocycles. The van der Waals surface area contributed by atoms with Crippen LogP contribution in [0, 0.1) is 0 Å². The predicted octanol–water partition coefficient (Wildman–Crippen LogP) is 2.35. The molecule has 0 aliphatic carbocycles. The van der Waals surface area contributed by atoms with E-state index in [4.69, 9.17) is 10.8 Å². The fourth-order valence-corrected chi connectivity index (χ4v) is 2.46. The number of nitrogens with two attached hydrogens (primary N) is 1. The number of nitrogens with zero attached hydrogens (tertiary/aromatic N) is 1. The van der Waals surface area contributed by atoms with Crippen LogP contribution in [0.4, 0.5) is 11.4 Å². The average Bonchev–Trinajstić information content (AvgIpc) is 2.58. The highest BCUT2D eigenvalue weighted by atomic mass is 16.4. The molecule has 2 rings (SSSR count). The van der Waals surface area contributed by atoms with Crippen molar-refractivity contribution in [2.75, 3.05) is 17.2 Å². The van der Waals surface area contributed by atoms with Gasteiger partial charge in [-0.05, 0) is 44.9 Å². The molecule has 1 aromatic carbocycles. The Morgan fingerprint density at radius 3 is 2.71 bits per heavy atom. The number of nitrogen functional groups attached to an aromatic ring is 1. The third-order valence-electron chi connectivity index (χ3n) is 3.47. The van der Waals surface area contributed by atoms with E-state index in [-0.39, 0.29) is 11.1 Å². The van der Waals surface area contributed by atoms with Gasteiger partial charge in [0.05, 0.1) is 16.9 Å². The lowest BCUT2D eigenvalue weighted by atomic mass is 10.0. The summed E-state index contributed by atoms with van der Waals surface area (Å²) in [5, 5.41) is 9.01. The Hall–Kier alpha value is -1.71. The van der Waals surface area contributed by atoms with E-state index in [1.54, 1.807) is 18.2 Å². The fraction of sp³-hybridized carbons (Fsp3) is 0.462. The zero-order valence-corrected chi connectivity index (χ0v) is 10.2. The largest absolute Gasteiger partial charge is 0.478 e. The van der Waals surface area contributed by atoms with E-state index < -0.39 is 5.97 Å². The molecule has 1 aliphatic rings. The molecule has 3 N–H and O–H groups in total. The summed E-state index contributed by atoms with van der Waals surface area (Å²) in [6.07, 6.45) is 2.22. The second-order valence-corrected chi connectivity index (χ2v) is 5.15. The maximum Gasteiger partial charge on any atom is 0.335 e. The van der Waals surface area contributed by atoms with Crippen LogP contribution < -0.4 is 10.6 Å². The van der Waals surface area contributed by atoms with E-state index in [1.807, 2.05) is 0 Å². The van der Waals surface area contributed by atoms with Crippen LogP contribution >= 0.6 is 0 Å².